The Hall–Kier alpha value is -2.55. The number of aryl methyl sites for hydroxylation is 4. The third-order valence-electron chi connectivity index (χ3n) is 4.60. The molecule has 0 atom stereocenters. The van der Waals surface area contributed by atoms with Crippen LogP contribution in [0.25, 0.3) is 0 Å². The van der Waals surface area contributed by atoms with Gasteiger partial charge in [0, 0.05) is 49.0 Å². The summed E-state index contributed by atoms with van der Waals surface area (Å²) in [5.41, 5.74) is 9.68. The first kappa shape index (κ1) is 16.3. The SMILES string of the molecule is Cc1cnc(Cc2cnc(Cc3cnccc3C)cc2C)cc1C. The number of hydrogen-bond acceptors (Lipinski definition) is 3. The lowest BCUT2D eigenvalue weighted by atomic mass is 10.0. The van der Waals surface area contributed by atoms with Crippen LogP contribution in [-0.2, 0) is 12.8 Å². The van der Waals surface area contributed by atoms with Gasteiger partial charge in [-0.15, -0.1) is 0 Å². The summed E-state index contributed by atoms with van der Waals surface area (Å²) >= 11 is 0. The maximum absolute atomic E-state index is 4.66. The second-order valence-corrected chi connectivity index (χ2v) is 6.52. The molecule has 0 aliphatic heterocycles. The van der Waals surface area contributed by atoms with Crippen molar-refractivity contribution < 1.29 is 0 Å². The van der Waals surface area contributed by atoms with Crippen molar-refractivity contribution >= 4 is 0 Å². The Morgan fingerprint density at radius 3 is 1.92 bits per heavy atom. The van der Waals surface area contributed by atoms with E-state index in [2.05, 4.69) is 54.8 Å². The molecule has 122 valence electrons. The maximum atomic E-state index is 4.66. The van der Waals surface area contributed by atoms with Gasteiger partial charge in [0.1, 0.15) is 0 Å². The molecule has 0 aliphatic rings. The van der Waals surface area contributed by atoms with Gasteiger partial charge >= 0.3 is 0 Å². The molecule has 3 nitrogen and oxygen atoms in total. The summed E-state index contributed by atoms with van der Waals surface area (Å²) < 4.78 is 0. The van der Waals surface area contributed by atoms with Crippen LogP contribution in [0.3, 0.4) is 0 Å². The third kappa shape index (κ3) is 3.67. The molecule has 3 rings (SSSR count). The van der Waals surface area contributed by atoms with Crippen molar-refractivity contribution in [1.82, 2.24) is 15.0 Å². The normalized spacial score (nSPS) is 10.8. The van der Waals surface area contributed by atoms with Crippen LogP contribution < -0.4 is 0 Å². The fourth-order valence-corrected chi connectivity index (χ4v) is 2.78. The summed E-state index contributed by atoms with van der Waals surface area (Å²) in [7, 11) is 0. The Labute approximate surface area is 143 Å². The van der Waals surface area contributed by atoms with Gasteiger partial charge in [0.05, 0.1) is 0 Å². The van der Waals surface area contributed by atoms with E-state index in [-0.39, 0.29) is 0 Å². The average molecular weight is 317 g/mol. The van der Waals surface area contributed by atoms with Crippen LogP contribution in [-0.4, -0.2) is 15.0 Å². The van der Waals surface area contributed by atoms with Crippen molar-refractivity contribution in [3.63, 3.8) is 0 Å². The minimum Gasteiger partial charge on any atom is -0.264 e. The van der Waals surface area contributed by atoms with Gasteiger partial charge in [-0.3, -0.25) is 15.0 Å². The van der Waals surface area contributed by atoms with Crippen molar-refractivity contribution in [1.29, 1.82) is 0 Å². The monoisotopic (exact) mass is 317 g/mol. The van der Waals surface area contributed by atoms with Crippen LogP contribution in [0, 0.1) is 27.7 Å². The highest BCUT2D eigenvalue weighted by Crippen LogP contribution is 2.17. The van der Waals surface area contributed by atoms with E-state index < -0.39 is 0 Å². The molecule has 3 aromatic rings. The van der Waals surface area contributed by atoms with Crippen LogP contribution in [0.15, 0.2) is 43.0 Å². The Bertz CT molecular complexity index is 869. The molecular formula is C21H23N3. The molecule has 3 aromatic heterocycles. The van der Waals surface area contributed by atoms with E-state index in [0.29, 0.717) is 0 Å². The van der Waals surface area contributed by atoms with E-state index in [1.807, 2.05) is 30.9 Å². The molecule has 24 heavy (non-hydrogen) atoms. The smallest absolute Gasteiger partial charge is 0.0450 e. The summed E-state index contributed by atoms with van der Waals surface area (Å²) in [6.07, 6.45) is 9.35. The molecular weight excluding hydrogens is 294 g/mol. The first-order valence-electron chi connectivity index (χ1n) is 8.29. The molecule has 0 amide bonds. The zero-order valence-corrected chi connectivity index (χ0v) is 14.8. The highest BCUT2D eigenvalue weighted by Gasteiger charge is 2.07. The van der Waals surface area contributed by atoms with Crippen molar-refractivity contribution in [3.8, 4) is 0 Å². The van der Waals surface area contributed by atoms with Crippen LogP contribution in [0.5, 0.6) is 0 Å². The van der Waals surface area contributed by atoms with Crippen molar-refractivity contribution in [3.05, 3.63) is 87.8 Å². The first-order chi connectivity index (χ1) is 11.5. The highest BCUT2D eigenvalue weighted by atomic mass is 14.7. The number of hydrogen-bond donors (Lipinski definition) is 0. The average Bonchev–Trinajstić information content (AvgIpc) is 2.56. The largest absolute Gasteiger partial charge is 0.264 e. The molecule has 0 aromatic carbocycles. The minimum atomic E-state index is 0.822. The topological polar surface area (TPSA) is 38.7 Å². The van der Waals surface area contributed by atoms with Gasteiger partial charge in [0.15, 0.2) is 0 Å². The van der Waals surface area contributed by atoms with Gasteiger partial charge < -0.3 is 0 Å². The van der Waals surface area contributed by atoms with Crippen LogP contribution in [0.4, 0.5) is 0 Å². The molecule has 0 saturated heterocycles. The van der Waals surface area contributed by atoms with E-state index in [4.69, 9.17) is 0 Å². The standard InChI is InChI=1S/C21H23N3/c1-14-5-6-22-12-18(14)9-21-8-16(3)19(13-24-21)10-20-7-15(2)17(4)11-23-20/h5-8,11-13H,9-10H2,1-4H3. The highest BCUT2D eigenvalue weighted by molar-refractivity contribution is 5.34. The van der Waals surface area contributed by atoms with Gasteiger partial charge in [-0.05, 0) is 79.3 Å². The predicted octanol–water partition coefficient (Wildman–Crippen LogP) is 4.29. The maximum Gasteiger partial charge on any atom is 0.0450 e. The Morgan fingerprint density at radius 1 is 0.667 bits per heavy atom. The van der Waals surface area contributed by atoms with E-state index in [9.17, 15) is 0 Å². The summed E-state index contributed by atoms with van der Waals surface area (Å²) in [5.74, 6) is 0. The fraction of sp³-hybridized carbons (Fsp3) is 0.286. The molecule has 0 saturated carbocycles. The lowest BCUT2D eigenvalue weighted by molar-refractivity contribution is 0.983. The van der Waals surface area contributed by atoms with E-state index in [1.54, 1.807) is 0 Å². The molecule has 0 bridgehead atoms. The summed E-state index contributed by atoms with van der Waals surface area (Å²) in [5, 5.41) is 0. The van der Waals surface area contributed by atoms with Crippen LogP contribution in [0.2, 0.25) is 0 Å². The molecule has 0 unspecified atom stereocenters. The van der Waals surface area contributed by atoms with Gasteiger partial charge in [0.25, 0.3) is 0 Å². The Kier molecular flexibility index (Phi) is 4.70. The number of aromatic nitrogens is 3. The van der Waals surface area contributed by atoms with Gasteiger partial charge in [-0.25, -0.2) is 0 Å². The lowest BCUT2D eigenvalue weighted by Crippen LogP contribution is -2.01. The van der Waals surface area contributed by atoms with Crippen LogP contribution in [0.1, 0.15) is 44.8 Å². The van der Waals surface area contributed by atoms with Crippen molar-refractivity contribution in [2.45, 2.75) is 40.5 Å². The van der Waals surface area contributed by atoms with Gasteiger partial charge in [0.2, 0.25) is 0 Å². The molecule has 3 heteroatoms. The minimum absolute atomic E-state index is 0.822. The van der Waals surface area contributed by atoms with Crippen molar-refractivity contribution in [2.75, 3.05) is 0 Å². The summed E-state index contributed by atoms with van der Waals surface area (Å²) in [6.45, 7) is 8.49. The number of nitrogens with zero attached hydrogens (tertiary/aromatic N) is 3. The molecule has 0 fully saturated rings. The second-order valence-electron chi connectivity index (χ2n) is 6.52. The van der Waals surface area contributed by atoms with Crippen molar-refractivity contribution in [2.24, 2.45) is 0 Å². The summed E-state index contributed by atoms with van der Waals surface area (Å²) in [4.78, 5) is 13.4. The number of rotatable bonds is 4. The van der Waals surface area contributed by atoms with Gasteiger partial charge in [-0.2, -0.15) is 0 Å². The van der Waals surface area contributed by atoms with Crippen LogP contribution >= 0.6 is 0 Å². The number of pyridine rings is 3. The second kappa shape index (κ2) is 6.91. The zero-order valence-electron chi connectivity index (χ0n) is 14.8. The Morgan fingerprint density at radius 2 is 1.29 bits per heavy atom. The fourth-order valence-electron chi connectivity index (χ4n) is 2.78. The van der Waals surface area contributed by atoms with E-state index in [1.165, 1.54) is 33.4 Å². The molecule has 3 heterocycles. The third-order valence-corrected chi connectivity index (χ3v) is 4.60. The zero-order chi connectivity index (χ0) is 17.1. The van der Waals surface area contributed by atoms with E-state index in [0.717, 1.165) is 24.2 Å². The van der Waals surface area contributed by atoms with E-state index >= 15 is 0 Å². The predicted molar refractivity (Wildman–Crippen MR) is 97.3 cm³/mol. The first-order valence-corrected chi connectivity index (χ1v) is 8.29. The van der Waals surface area contributed by atoms with Gasteiger partial charge in [-0.1, -0.05) is 0 Å². The Balaban J connectivity index is 1.79. The summed E-state index contributed by atoms with van der Waals surface area (Å²) in [6, 6.07) is 6.40. The molecule has 0 spiro atoms. The quantitative estimate of drug-likeness (QED) is 0.720. The molecule has 0 aliphatic carbocycles. The molecule has 0 N–H and O–H groups in total. The molecule has 0 radical (unpaired) electrons. The lowest BCUT2D eigenvalue weighted by Gasteiger charge is -2.10.